The van der Waals surface area contributed by atoms with Gasteiger partial charge in [0.05, 0.1) is 13.0 Å². The number of rotatable bonds is 5. The molecule has 5 heteroatoms. The van der Waals surface area contributed by atoms with Gasteiger partial charge in [-0.05, 0) is 22.4 Å². The molecule has 0 saturated carbocycles. The first-order valence-corrected chi connectivity index (χ1v) is 7.00. The molecule has 0 bridgehead atoms. The zero-order valence-corrected chi connectivity index (χ0v) is 10.4. The Labute approximate surface area is 95.9 Å². The van der Waals surface area contributed by atoms with Crippen molar-refractivity contribution in [3.63, 3.8) is 0 Å². The molecular formula is C10H14O3S2. The maximum absolute atomic E-state index is 11.6. The van der Waals surface area contributed by atoms with E-state index in [2.05, 4.69) is 4.74 Å². The van der Waals surface area contributed by atoms with E-state index >= 15 is 0 Å². The molecule has 0 radical (unpaired) electrons. The highest BCUT2D eigenvalue weighted by Gasteiger charge is 2.16. The smallest absolute Gasteiger partial charge is 0.309 e. The number of esters is 1. The summed E-state index contributed by atoms with van der Waals surface area (Å²) in [7, 11) is 0.352. The van der Waals surface area contributed by atoms with Gasteiger partial charge in [0.15, 0.2) is 0 Å². The Kier molecular flexibility index (Phi) is 4.98. The van der Waals surface area contributed by atoms with Gasteiger partial charge in [0, 0.05) is 22.3 Å². The summed E-state index contributed by atoms with van der Waals surface area (Å²) in [5, 5.41) is 3.93. The lowest BCUT2D eigenvalue weighted by Gasteiger charge is -2.07. The van der Waals surface area contributed by atoms with Gasteiger partial charge < -0.3 is 4.74 Å². The molecule has 2 unspecified atom stereocenters. The molecule has 3 nitrogen and oxygen atoms in total. The molecule has 0 aliphatic rings. The number of thiophene rings is 1. The van der Waals surface area contributed by atoms with Gasteiger partial charge in [0.1, 0.15) is 0 Å². The second-order valence-corrected chi connectivity index (χ2v) is 5.59. The normalized spacial score (nSPS) is 14.5. The Morgan fingerprint density at radius 2 is 2.40 bits per heavy atom. The predicted molar refractivity (Wildman–Crippen MR) is 62.2 cm³/mol. The first-order valence-electron chi connectivity index (χ1n) is 4.57. The average molecular weight is 246 g/mol. The summed E-state index contributed by atoms with van der Waals surface area (Å²) >= 11 is 1.59. The SMILES string of the molecule is COC(=O)C(C)CS(=O)Cc1ccsc1. The van der Waals surface area contributed by atoms with Crippen LogP contribution in [0.1, 0.15) is 12.5 Å². The van der Waals surface area contributed by atoms with E-state index in [4.69, 9.17) is 0 Å². The lowest BCUT2D eigenvalue weighted by Crippen LogP contribution is -2.19. The van der Waals surface area contributed by atoms with Crippen LogP contribution in [-0.2, 0) is 26.1 Å². The summed E-state index contributed by atoms with van der Waals surface area (Å²) in [6, 6.07) is 1.95. The maximum atomic E-state index is 11.6. The third-order valence-electron chi connectivity index (χ3n) is 1.95. The molecule has 1 aromatic rings. The minimum atomic E-state index is -0.996. The quantitative estimate of drug-likeness (QED) is 0.744. The van der Waals surface area contributed by atoms with Crippen molar-refractivity contribution in [1.29, 1.82) is 0 Å². The lowest BCUT2D eigenvalue weighted by atomic mass is 10.2. The maximum Gasteiger partial charge on any atom is 0.309 e. The fourth-order valence-electron chi connectivity index (χ4n) is 1.17. The van der Waals surface area contributed by atoms with Gasteiger partial charge in [-0.2, -0.15) is 11.3 Å². The molecule has 1 aromatic heterocycles. The minimum absolute atomic E-state index is 0.297. The summed E-state index contributed by atoms with van der Waals surface area (Å²) in [5.74, 6) is 0.288. The van der Waals surface area contributed by atoms with E-state index in [-0.39, 0.29) is 11.9 Å². The highest BCUT2D eigenvalue weighted by atomic mass is 32.2. The summed E-state index contributed by atoms with van der Waals surface area (Å²) in [6.45, 7) is 1.73. The van der Waals surface area contributed by atoms with Crippen molar-refractivity contribution in [2.75, 3.05) is 12.9 Å². The Balaban J connectivity index is 2.39. The molecule has 0 aromatic carbocycles. The van der Waals surface area contributed by atoms with Gasteiger partial charge in [0.2, 0.25) is 0 Å². The van der Waals surface area contributed by atoms with Crippen LogP contribution in [0.15, 0.2) is 16.8 Å². The fourth-order valence-corrected chi connectivity index (χ4v) is 3.30. The highest BCUT2D eigenvalue weighted by molar-refractivity contribution is 7.84. The number of ether oxygens (including phenoxy) is 1. The minimum Gasteiger partial charge on any atom is -0.469 e. The second kappa shape index (κ2) is 6.02. The average Bonchev–Trinajstić information content (AvgIpc) is 2.68. The number of hydrogen-bond acceptors (Lipinski definition) is 4. The number of methoxy groups -OCH3 is 1. The molecule has 0 N–H and O–H groups in total. The van der Waals surface area contributed by atoms with Crippen LogP contribution >= 0.6 is 11.3 Å². The third kappa shape index (κ3) is 4.13. The molecule has 84 valence electrons. The predicted octanol–water partition coefficient (Wildman–Crippen LogP) is 1.81. The zero-order chi connectivity index (χ0) is 11.3. The largest absolute Gasteiger partial charge is 0.469 e. The topological polar surface area (TPSA) is 43.4 Å². The zero-order valence-electron chi connectivity index (χ0n) is 8.76. The number of hydrogen-bond donors (Lipinski definition) is 0. The number of carbonyl (C=O) groups excluding carboxylic acids is 1. The van der Waals surface area contributed by atoms with Crippen molar-refractivity contribution < 1.29 is 13.7 Å². The van der Waals surface area contributed by atoms with Crippen molar-refractivity contribution >= 4 is 28.1 Å². The molecule has 0 spiro atoms. The fraction of sp³-hybridized carbons (Fsp3) is 0.500. The molecule has 0 aliphatic heterocycles. The van der Waals surface area contributed by atoms with E-state index in [9.17, 15) is 9.00 Å². The lowest BCUT2D eigenvalue weighted by molar-refractivity contribution is -0.144. The molecular weight excluding hydrogens is 232 g/mol. The summed E-state index contributed by atoms with van der Waals surface area (Å²) in [5.41, 5.74) is 1.07. The Hall–Kier alpha value is -0.680. The monoisotopic (exact) mass is 246 g/mol. The Bertz CT molecular complexity index is 332. The van der Waals surface area contributed by atoms with Gasteiger partial charge in [-0.3, -0.25) is 9.00 Å². The highest BCUT2D eigenvalue weighted by Crippen LogP contribution is 2.10. The van der Waals surface area contributed by atoms with Crippen LogP contribution in [0.2, 0.25) is 0 Å². The van der Waals surface area contributed by atoms with Crippen molar-refractivity contribution in [3.05, 3.63) is 22.4 Å². The molecule has 1 heterocycles. The molecule has 0 saturated heterocycles. The van der Waals surface area contributed by atoms with E-state index in [1.807, 2.05) is 16.8 Å². The first kappa shape index (κ1) is 12.4. The van der Waals surface area contributed by atoms with E-state index in [0.717, 1.165) is 5.56 Å². The van der Waals surface area contributed by atoms with Crippen LogP contribution in [0, 0.1) is 5.92 Å². The van der Waals surface area contributed by atoms with Crippen LogP contribution < -0.4 is 0 Å². The van der Waals surface area contributed by atoms with Crippen molar-refractivity contribution in [2.45, 2.75) is 12.7 Å². The molecule has 0 aliphatic carbocycles. The van der Waals surface area contributed by atoms with E-state index in [1.165, 1.54) is 7.11 Å². The Morgan fingerprint density at radius 3 is 2.93 bits per heavy atom. The Morgan fingerprint density at radius 1 is 1.67 bits per heavy atom. The van der Waals surface area contributed by atoms with Crippen LogP contribution in [0.25, 0.3) is 0 Å². The van der Waals surface area contributed by atoms with Crippen LogP contribution in [0.4, 0.5) is 0 Å². The standard InChI is InChI=1S/C10H14O3S2/c1-8(10(11)13-2)6-15(12)7-9-3-4-14-5-9/h3-5,8H,6-7H2,1-2H3. The van der Waals surface area contributed by atoms with Crippen molar-refractivity contribution in [3.8, 4) is 0 Å². The van der Waals surface area contributed by atoms with Crippen molar-refractivity contribution in [2.24, 2.45) is 5.92 Å². The number of carbonyl (C=O) groups is 1. The van der Waals surface area contributed by atoms with Gasteiger partial charge >= 0.3 is 5.97 Å². The van der Waals surface area contributed by atoms with E-state index in [1.54, 1.807) is 18.3 Å². The van der Waals surface area contributed by atoms with Crippen molar-refractivity contribution in [1.82, 2.24) is 0 Å². The van der Waals surface area contributed by atoms with Gasteiger partial charge in [-0.15, -0.1) is 0 Å². The van der Waals surface area contributed by atoms with Gasteiger partial charge in [-0.1, -0.05) is 6.92 Å². The summed E-state index contributed by atoms with van der Waals surface area (Å²) in [6.07, 6.45) is 0. The molecule has 1 rings (SSSR count). The van der Waals surface area contributed by atoms with E-state index < -0.39 is 10.8 Å². The van der Waals surface area contributed by atoms with Crippen LogP contribution in [0.3, 0.4) is 0 Å². The van der Waals surface area contributed by atoms with Crippen LogP contribution in [0.5, 0.6) is 0 Å². The molecule has 0 fully saturated rings. The molecule has 2 atom stereocenters. The van der Waals surface area contributed by atoms with E-state index in [0.29, 0.717) is 11.5 Å². The van der Waals surface area contributed by atoms with Gasteiger partial charge in [-0.25, -0.2) is 0 Å². The summed E-state index contributed by atoms with van der Waals surface area (Å²) < 4.78 is 16.2. The van der Waals surface area contributed by atoms with Gasteiger partial charge in [0.25, 0.3) is 0 Å². The molecule has 15 heavy (non-hydrogen) atoms. The third-order valence-corrected chi connectivity index (χ3v) is 4.21. The van der Waals surface area contributed by atoms with Crippen LogP contribution in [-0.4, -0.2) is 23.0 Å². The second-order valence-electron chi connectivity index (χ2n) is 3.31. The first-order chi connectivity index (χ1) is 7.13. The molecule has 0 amide bonds. The summed E-state index contributed by atoms with van der Waals surface area (Å²) in [4.78, 5) is 11.1.